The van der Waals surface area contributed by atoms with Gasteiger partial charge >= 0.3 is 0 Å². The second-order valence-electron chi connectivity index (χ2n) is 21.1. The van der Waals surface area contributed by atoms with Crippen LogP contribution in [0.2, 0.25) is 0 Å². The van der Waals surface area contributed by atoms with Gasteiger partial charge in [0.2, 0.25) is 0 Å². The summed E-state index contributed by atoms with van der Waals surface area (Å²) >= 11 is 0. The predicted molar refractivity (Wildman–Crippen MR) is 194 cm³/mol. The molecular formula is C41H68O14. The standard InChI is InChI=1S/C41H68O14/c1-35(2)24(54-33-29(48)26(45)20(44)17-51-33)9-11-41-18-40(41)13-12-37(5)31(39(7)10-8-25(55-39)36(3,4)50)19(43)15-38(37,6)23(40)14-21(32(35)41)52-34-30(49)28(47)27(46)22(16-42)53-34/h19-34,42-50H,8-18H2,1-7H3/t19-,20+,21-,22+,23-,24-,25-,26-,27+,28-,29+,30+,31-,32-,33-,34+,37-,38-,39+,40-,41+/m0/s1. The molecule has 3 heterocycles. The number of hydrogen-bond donors (Lipinski definition) is 9. The fraction of sp³-hybridized carbons (Fsp3) is 1.00. The van der Waals surface area contributed by atoms with Crippen LogP contribution in [-0.4, -0.2) is 150 Å². The minimum absolute atomic E-state index is 0.0633. The van der Waals surface area contributed by atoms with Gasteiger partial charge in [0.05, 0.1) is 48.8 Å². The predicted octanol–water partition coefficient (Wildman–Crippen LogP) is 0.724. The zero-order chi connectivity index (χ0) is 40.1. The number of aliphatic hydroxyl groups is 9. The van der Waals surface area contributed by atoms with Gasteiger partial charge in [0.1, 0.15) is 42.7 Å². The molecule has 2 spiro atoms. The molecule has 21 atom stereocenters. The van der Waals surface area contributed by atoms with Crippen molar-refractivity contribution in [3.63, 3.8) is 0 Å². The SMILES string of the molecule is CC(C)(O)[C@@H]1CC[C@](C)([C@H]2[C@@H](O)C[C@@]3(C)[C@@H]4C[C@H](O[C@@H]5O[C@H](CO)[C@@H](O)[C@H](O)[C@H]5O)[C@H]5C(C)(C)[C@@H](O[C@@H]6OC[C@@H](O)[C@H](O)[C@H]6O)CC[C@@]56C[C@@]46CC[C@@]23C)O1. The molecule has 316 valence electrons. The van der Waals surface area contributed by atoms with Crippen LogP contribution in [0.3, 0.4) is 0 Å². The third-order valence-corrected chi connectivity index (χ3v) is 17.6. The van der Waals surface area contributed by atoms with E-state index >= 15 is 0 Å². The van der Waals surface area contributed by atoms with Crippen molar-refractivity contribution in [1.82, 2.24) is 0 Å². The molecule has 5 aliphatic carbocycles. The first-order valence-corrected chi connectivity index (χ1v) is 20.9. The molecule has 3 saturated heterocycles. The molecule has 55 heavy (non-hydrogen) atoms. The smallest absolute Gasteiger partial charge is 0.186 e. The van der Waals surface area contributed by atoms with Crippen molar-refractivity contribution >= 4 is 0 Å². The van der Waals surface area contributed by atoms with Crippen LogP contribution >= 0.6 is 0 Å². The monoisotopic (exact) mass is 784 g/mol. The van der Waals surface area contributed by atoms with Gasteiger partial charge in [-0.05, 0) is 117 Å². The van der Waals surface area contributed by atoms with Crippen LogP contribution in [0, 0.1) is 44.8 Å². The minimum Gasteiger partial charge on any atom is -0.394 e. The van der Waals surface area contributed by atoms with Gasteiger partial charge in [-0.25, -0.2) is 0 Å². The Kier molecular flexibility index (Phi) is 9.90. The summed E-state index contributed by atoms with van der Waals surface area (Å²) in [6.07, 6.45) is -7.48. The summed E-state index contributed by atoms with van der Waals surface area (Å²) in [6, 6.07) is 0. The minimum atomic E-state index is -1.60. The fourth-order valence-corrected chi connectivity index (χ4v) is 14.9. The Morgan fingerprint density at radius 1 is 0.709 bits per heavy atom. The van der Waals surface area contributed by atoms with E-state index in [4.69, 9.17) is 23.7 Å². The average Bonchev–Trinajstić information content (AvgIpc) is 3.47. The summed E-state index contributed by atoms with van der Waals surface area (Å²) in [5.74, 6) is -0.215. The molecule has 0 unspecified atom stereocenters. The zero-order valence-electron chi connectivity index (χ0n) is 33.6. The fourth-order valence-electron chi connectivity index (χ4n) is 14.9. The third kappa shape index (κ3) is 5.70. The molecule has 9 N–H and O–H groups in total. The summed E-state index contributed by atoms with van der Waals surface area (Å²) < 4.78 is 31.9. The molecule has 0 radical (unpaired) electrons. The van der Waals surface area contributed by atoms with Gasteiger partial charge in [0, 0.05) is 5.92 Å². The topological polar surface area (TPSA) is 228 Å². The van der Waals surface area contributed by atoms with Crippen LogP contribution in [0.5, 0.6) is 0 Å². The lowest BCUT2D eigenvalue weighted by Crippen LogP contribution is -2.65. The van der Waals surface area contributed by atoms with Crippen LogP contribution in [0.4, 0.5) is 0 Å². The maximum absolute atomic E-state index is 12.2. The van der Waals surface area contributed by atoms with E-state index in [0.29, 0.717) is 25.7 Å². The summed E-state index contributed by atoms with van der Waals surface area (Å²) in [5.41, 5.74) is -3.16. The Bertz CT molecular complexity index is 1460. The average molecular weight is 785 g/mol. The van der Waals surface area contributed by atoms with Crippen LogP contribution in [0.1, 0.15) is 106 Å². The highest BCUT2D eigenvalue weighted by Gasteiger charge is 2.85. The van der Waals surface area contributed by atoms with E-state index in [1.165, 1.54) is 0 Å². The molecule has 0 aromatic carbocycles. The van der Waals surface area contributed by atoms with E-state index < -0.39 is 96.8 Å². The Morgan fingerprint density at radius 2 is 1.40 bits per heavy atom. The Labute approximate surface area is 324 Å². The van der Waals surface area contributed by atoms with Crippen molar-refractivity contribution in [2.45, 2.75) is 197 Å². The van der Waals surface area contributed by atoms with Crippen LogP contribution < -0.4 is 0 Å². The van der Waals surface area contributed by atoms with Crippen molar-refractivity contribution in [3.8, 4) is 0 Å². The van der Waals surface area contributed by atoms with Crippen molar-refractivity contribution in [1.29, 1.82) is 0 Å². The lowest BCUT2D eigenvalue weighted by atomic mass is 9.41. The number of aliphatic hydroxyl groups excluding tert-OH is 8. The van der Waals surface area contributed by atoms with E-state index in [1.54, 1.807) is 13.8 Å². The Hall–Kier alpha value is -0.560. The van der Waals surface area contributed by atoms with E-state index in [-0.39, 0.29) is 52.1 Å². The highest BCUT2D eigenvalue weighted by Crippen LogP contribution is 2.89. The molecule has 14 nitrogen and oxygen atoms in total. The van der Waals surface area contributed by atoms with Crippen molar-refractivity contribution < 1.29 is 69.6 Å². The molecule has 0 bridgehead atoms. The van der Waals surface area contributed by atoms with Gasteiger partial charge in [-0.1, -0.05) is 27.7 Å². The van der Waals surface area contributed by atoms with E-state index in [2.05, 4.69) is 34.6 Å². The number of hydrogen-bond acceptors (Lipinski definition) is 14. The summed E-state index contributed by atoms with van der Waals surface area (Å²) in [4.78, 5) is 0. The number of fused-ring (bicyclic) bond motifs is 2. The molecule has 8 aliphatic rings. The van der Waals surface area contributed by atoms with Gasteiger partial charge in [-0.3, -0.25) is 0 Å². The first kappa shape index (κ1) is 41.2. The summed E-state index contributed by atoms with van der Waals surface area (Å²) in [7, 11) is 0. The van der Waals surface area contributed by atoms with E-state index in [9.17, 15) is 46.0 Å². The largest absolute Gasteiger partial charge is 0.394 e. The van der Waals surface area contributed by atoms with Gasteiger partial charge in [-0.2, -0.15) is 0 Å². The Morgan fingerprint density at radius 3 is 2.05 bits per heavy atom. The lowest BCUT2D eigenvalue weighted by Gasteiger charge is -2.65. The second kappa shape index (κ2) is 13.2. The molecule has 14 heteroatoms. The molecule has 8 rings (SSSR count). The van der Waals surface area contributed by atoms with Crippen molar-refractivity contribution in [2.75, 3.05) is 13.2 Å². The van der Waals surface area contributed by atoms with Crippen LogP contribution in [0.15, 0.2) is 0 Å². The van der Waals surface area contributed by atoms with Gasteiger partial charge in [0.25, 0.3) is 0 Å². The van der Waals surface area contributed by atoms with Crippen molar-refractivity contribution in [2.24, 2.45) is 44.8 Å². The normalized spacial score (nSPS) is 58.7. The quantitative estimate of drug-likeness (QED) is 0.162. The van der Waals surface area contributed by atoms with Gasteiger partial charge in [0.15, 0.2) is 12.6 Å². The second-order valence-corrected chi connectivity index (χ2v) is 21.1. The highest BCUT2D eigenvalue weighted by molar-refractivity contribution is 5.33. The molecule has 5 saturated carbocycles. The first-order chi connectivity index (χ1) is 25.5. The lowest BCUT2D eigenvalue weighted by molar-refractivity contribution is -0.339. The van der Waals surface area contributed by atoms with Gasteiger partial charge in [-0.15, -0.1) is 0 Å². The Balaban J connectivity index is 1.15. The maximum atomic E-state index is 12.2. The first-order valence-electron chi connectivity index (χ1n) is 20.9. The van der Waals surface area contributed by atoms with Crippen LogP contribution in [0.25, 0.3) is 0 Å². The molecule has 0 aromatic rings. The number of rotatable bonds is 7. The van der Waals surface area contributed by atoms with Crippen molar-refractivity contribution in [3.05, 3.63) is 0 Å². The summed E-state index contributed by atoms with van der Waals surface area (Å²) in [5, 5.41) is 97.2. The van der Waals surface area contributed by atoms with E-state index in [1.807, 2.05) is 0 Å². The number of ether oxygens (including phenoxy) is 5. The molecule has 0 aromatic heterocycles. The molecule has 8 fully saturated rings. The maximum Gasteiger partial charge on any atom is 0.186 e. The van der Waals surface area contributed by atoms with Gasteiger partial charge < -0.3 is 69.6 Å². The zero-order valence-corrected chi connectivity index (χ0v) is 33.6. The third-order valence-electron chi connectivity index (χ3n) is 17.6. The van der Waals surface area contributed by atoms with Crippen LogP contribution in [-0.2, 0) is 23.7 Å². The summed E-state index contributed by atoms with van der Waals surface area (Å²) in [6.45, 7) is 13.8. The molecule has 0 amide bonds. The highest BCUT2D eigenvalue weighted by atomic mass is 16.7. The molecular weight excluding hydrogens is 716 g/mol. The van der Waals surface area contributed by atoms with E-state index in [0.717, 1.165) is 32.1 Å². The molecule has 3 aliphatic heterocycles.